The van der Waals surface area contributed by atoms with Gasteiger partial charge in [0.1, 0.15) is 5.69 Å². The zero-order valence-corrected chi connectivity index (χ0v) is 11.7. The Morgan fingerprint density at radius 3 is 2.70 bits per heavy atom. The average Bonchev–Trinajstić information content (AvgIpc) is 2.82. The lowest BCUT2D eigenvalue weighted by molar-refractivity contribution is 0.0939. The Hall–Kier alpha value is -2.02. The summed E-state index contributed by atoms with van der Waals surface area (Å²) in [6.07, 6.45) is 0. The molecule has 0 aliphatic heterocycles. The predicted octanol–water partition coefficient (Wildman–Crippen LogP) is 3.30. The lowest BCUT2D eigenvalue weighted by Crippen LogP contribution is -2.30. The molecule has 0 radical (unpaired) electrons. The Balaban J connectivity index is 2.09. The number of amides is 1. The molecule has 0 saturated carbocycles. The van der Waals surface area contributed by atoms with Crippen LogP contribution in [-0.4, -0.2) is 16.9 Å². The van der Waals surface area contributed by atoms with Crippen molar-refractivity contribution in [2.75, 3.05) is 5.32 Å². The average molecular weight is 297 g/mol. The van der Waals surface area contributed by atoms with Crippen molar-refractivity contribution < 1.29 is 13.6 Å². The fourth-order valence-corrected chi connectivity index (χ4v) is 2.18. The van der Waals surface area contributed by atoms with Crippen molar-refractivity contribution in [3.8, 4) is 0 Å². The maximum atomic E-state index is 13.1. The van der Waals surface area contributed by atoms with E-state index >= 15 is 0 Å². The number of hydrogen-bond donors (Lipinski definition) is 2. The summed E-state index contributed by atoms with van der Waals surface area (Å²) < 4.78 is 25.9. The highest BCUT2D eigenvalue weighted by Gasteiger charge is 2.12. The van der Waals surface area contributed by atoms with Gasteiger partial charge in [-0.1, -0.05) is 0 Å². The third-order valence-electron chi connectivity index (χ3n) is 2.33. The van der Waals surface area contributed by atoms with Gasteiger partial charge in [0.05, 0.1) is 0 Å². The normalized spacial score (nSPS) is 10.7. The van der Waals surface area contributed by atoms with Gasteiger partial charge >= 0.3 is 0 Å². The molecule has 0 bridgehead atoms. The molecular weight excluding hydrogens is 284 g/mol. The summed E-state index contributed by atoms with van der Waals surface area (Å²) in [5.74, 6) is -2.12. The summed E-state index contributed by atoms with van der Waals surface area (Å²) in [6, 6.07) is 3.47. The summed E-state index contributed by atoms with van der Waals surface area (Å²) in [7, 11) is 0. The molecule has 7 heteroatoms. The van der Waals surface area contributed by atoms with Crippen LogP contribution in [0, 0.1) is 11.6 Å². The minimum atomic E-state index is -0.940. The van der Waals surface area contributed by atoms with Crippen molar-refractivity contribution in [1.82, 2.24) is 10.3 Å². The molecule has 2 rings (SSSR count). The minimum Gasteiger partial charge on any atom is -0.349 e. The van der Waals surface area contributed by atoms with Gasteiger partial charge in [-0.05, 0) is 26.0 Å². The molecule has 20 heavy (non-hydrogen) atoms. The van der Waals surface area contributed by atoms with Crippen molar-refractivity contribution in [1.29, 1.82) is 0 Å². The zero-order chi connectivity index (χ0) is 14.7. The maximum absolute atomic E-state index is 13.1. The largest absolute Gasteiger partial charge is 0.349 e. The van der Waals surface area contributed by atoms with E-state index in [1.54, 1.807) is 5.38 Å². The van der Waals surface area contributed by atoms with Crippen LogP contribution in [0.1, 0.15) is 24.3 Å². The van der Waals surface area contributed by atoms with E-state index in [1.165, 1.54) is 17.4 Å². The Bertz CT molecular complexity index is 628. The molecule has 1 aromatic heterocycles. The first-order valence-electron chi connectivity index (χ1n) is 5.94. The fourth-order valence-electron chi connectivity index (χ4n) is 1.47. The van der Waals surface area contributed by atoms with Gasteiger partial charge in [0.2, 0.25) is 0 Å². The van der Waals surface area contributed by atoms with E-state index in [-0.39, 0.29) is 17.6 Å². The van der Waals surface area contributed by atoms with Crippen LogP contribution in [0.2, 0.25) is 0 Å². The summed E-state index contributed by atoms with van der Waals surface area (Å²) in [4.78, 5) is 15.8. The molecule has 0 atom stereocenters. The van der Waals surface area contributed by atoms with Crippen LogP contribution >= 0.6 is 11.3 Å². The van der Waals surface area contributed by atoms with Crippen molar-refractivity contribution in [2.45, 2.75) is 19.9 Å². The van der Waals surface area contributed by atoms with E-state index in [1.807, 2.05) is 13.8 Å². The van der Waals surface area contributed by atoms with Gasteiger partial charge in [-0.25, -0.2) is 13.8 Å². The standard InChI is InChI=1S/C13H13F2N3OS/c1-7(2)16-12(19)11-6-20-13(18-11)17-8-3-4-9(14)10(15)5-8/h3-7H,1-2H3,(H,16,19)(H,17,18). The number of carbonyl (C=O) groups excluding carboxylic acids is 1. The number of nitrogens with zero attached hydrogens (tertiary/aromatic N) is 1. The molecule has 1 amide bonds. The number of anilines is 2. The number of thiazole rings is 1. The molecule has 0 saturated heterocycles. The molecule has 0 spiro atoms. The summed E-state index contributed by atoms with van der Waals surface area (Å²) in [5.41, 5.74) is 0.655. The Kier molecular flexibility index (Phi) is 4.29. The van der Waals surface area contributed by atoms with Crippen LogP contribution in [-0.2, 0) is 0 Å². The van der Waals surface area contributed by atoms with Gasteiger partial charge in [-0.2, -0.15) is 0 Å². The fraction of sp³-hybridized carbons (Fsp3) is 0.231. The molecule has 106 valence electrons. The first kappa shape index (κ1) is 14.4. The van der Waals surface area contributed by atoms with Crippen LogP contribution in [0.3, 0.4) is 0 Å². The van der Waals surface area contributed by atoms with E-state index in [4.69, 9.17) is 0 Å². The third-order valence-corrected chi connectivity index (χ3v) is 3.09. The number of hydrogen-bond acceptors (Lipinski definition) is 4. The van der Waals surface area contributed by atoms with E-state index in [0.717, 1.165) is 12.1 Å². The molecule has 0 fully saturated rings. The van der Waals surface area contributed by atoms with Crippen LogP contribution in [0.15, 0.2) is 23.6 Å². The summed E-state index contributed by atoms with van der Waals surface area (Å²) in [5, 5.41) is 7.57. The molecule has 0 unspecified atom stereocenters. The highest BCUT2D eigenvalue weighted by molar-refractivity contribution is 7.14. The van der Waals surface area contributed by atoms with Gasteiger partial charge in [-0.15, -0.1) is 11.3 Å². The Morgan fingerprint density at radius 1 is 1.30 bits per heavy atom. The topological polar surface area (TPSA) is 54.0 Å². The van der Waals surface area contributed by atoms with Gasteiger partial charge in [0.15, 0.2) is 16.8 Å². The second-order valence-electron chi connectivity index (χ2n) is 4.42. The van der Waals surface area contributed by atoms with Gasteiger partial charge in [0.25, 0.3) is 5.91 Å². The summed E-state index contributed by atoms with van der Waals surface area (Å²) >= 11 is 1.21. The Labute approximate surface area is 118 Å². The van der Waals surface area contributed by atoms with Gasteiger partial charge < -0.3 is 10.6 Å². The van der Waals surface area contributed by atoms with Gasteiger partial charge in [0, 0.05) is 23.2 Å². The number of carbonyl (C=O) groups is 1. The number of benzene rings is 1. The Morgan fingerprint density at radius 2 is 2.05 bits per heavy atom. The van der Waals surface area contributed by atoms with Crippen molar-refractivity contribution in [3.63, 3.8) is 0 Å². The second-order valence-corrected chi connectivity index (χ2v) is 5.28. The maximum Gasteiger partial charge on any atom is 0.271 e. The highest BCUT2D eigenvalue weighted by atomic mass is 32.1. The quantitative estimate of drug-likeness (QED) is 0.910. The number of aromatic nitrogens is 1. The van der Waals surface area contributed by atoms with E-state index in [9.17, 15) is 13.6 Å². The molecule has 1 heterocycles. The molecular formula is C13H13F2N3OS. The first-order chi connectivity index (χ1) is 9.45. The van der Waals surface area contributed by atoms with E-state index in [0.29, 0.717) is 10.8 Å². The monoisotopic (exact) mass is 297 g/mol. The summed E-state index contributed by atoms with van der Waals surface area (Å²) in [6.45, 7) is 3.70. The molecule has 0 aliphatic rings. The van der Waals surface area contributed by atoms with Crippen LogP contribution < -0.4 is 10.6 Å². The van der Waals surface area contributed by atoms with Crippen LogP contribution in [0.4, 0.5) is 19.6 Å². The van der Waals surface area contributed by atoms with Crippen LogP contribution in [0.5, 0.6) is 0 Å². The zero-order valence-electron chi connectivity index (χ0n) is 10.9. The molecule has 2 N–H and O–H groups in total. The van der Waals surface area contributed by atoms with Crippen molar-refractivity contribution >= 4 is 28.1 Å². The number of halogens is 2. The highest BCUT2D eigenvalue weighted by Crippen LogP contribution is 2.22. The number of nitrogens with one attached hydrogen (secondary N) is 2. The van der Waals surface area contributed by atoms with Crippen LogP contribution in [0.25, 0.3) is 0 Å². The molecule has 1 aromatic carbocycles. The minimum absolute atomic E-state index is 0.0202. The van der Waals surface area contributed by atoms with E-state index in [2.05, 4.69) is 15.6 Å². The molecule has 2 aromatic rings. The van der Waals surface area contributed by atoms with Crippen molar-refractivity contribution in [2.24, 2.45) is 0 Å². The molecule has 4 nitrogen and oxygen atoms in total. The lowest BCUT2D eigenvalue weighted by atomic mass is 10.3. The number of rotatable bonds is 4. The first-order valence-corrected chi connectivity index (χ1v) is 6.82. The second kappa shape index (κ2) is 5.96. The lowest BCUT2D eigenvalue weighted by Gasteiger charge is -2.05. The van der Waals surface area contributed by atoms with Crippen molar-refractivity contribution in [3.05, 3.63) is 40.9 Å². The van der Waals surface area contributed by atoms with E-state index < -0.39 is 11.6 Å². The third kappa shape index (κ3) is 3.51. The molecule has 0 aliphatic carbocycles. The SMILES string of the molecule is CC(C)NC(=O)c1csc(Nc2ccc(F)c(F)c2)n1. The van der Waals surface area contributed by atoms with Gasteiger partial charge in [-0.3, -0.25) is 4.79 Å². The predicted molar refractivity (Wildman–Crippen MR) is 74.4 cm³/mol. The smallest absolute Gasteiger partial charge is 0.271 e.